The van der Waals surface area contributed by atoms with Gasteiger partial charge in [0.25, 0.3) is 0 Å². The third-order valence-electron chi connectivity index (χ3n) is 4.55. The van der Waals surface area contributed by atoms with E-state index in [1.54, 1.807) is 22.9 Å². The lowest BCUT2D eigenvalue weighted by Gasteiger charge is -2.30. The molecule has 0 aliphatic carbocycles. The molecule has 1 fully saturated rings. The SMILES string of the molecule is Cl.O=C(OCCN1CCCCC1)N1c2ccccc2Sc2cccnc21. The van der Waals surface area contributed by atoms with Crippen molar-refractivity contribution in [2.24, 2.45) is 0 Å². The largest absolute Gasteiger partial charge is 0.448 e. The molecule has 0 bridgehead atoms. The van der Waals surface area contributed by atoms with Crippen LogP contribution in [0.15, 0.2) is 52.4 Å². The summed E-state index contributed by atoms with van der Waals surface area (Å²) in [4.78, 5) is 23.2. The number of halogens is 1. The zero-order valence-electron chi connectivity index (χ0n) is 14.5. The van der Waals surface area contributed by atoms with Gasteiger partial charge in [0.1, 0.15) is 6.61 Å². The van der Waals surface area contributed by atoms with Gasteiger partial charge in [0, 0.05) is 17.6 Å². The molecule has 0 atom stereocenters. The molecule has 0 radical (unpaired) electrons. The predicted molar refractivity (Wildman–Crippen MR) is 106 cm³/mol. The number of rotatable bonds is 3. The van der Waals surface area contributed by atoms with Crippen molar-refractivity contribution in [2.45, 2.75) is 29.1 Å². The molecule has 1 aromatic carbocycles. The van der Waals surface area contributed by atoms with Crippen molar-refractivity contribution in [3.05, 3.63) is 42.6 Å². The summed E-state index contributed by atoms with van der Waals surface area (Å²) in [5, 5.41) is 0. The van der Waals surface area contributed by atoms with Crippen LogP contribution < -0.4 is 4.90 Å². The van der Waals surface area contributed by atoms with E-state index in [4.69, 9.17) is 4.74 Å². The second-order valence-electron chi connectivity index (χ2n) is 6.25. The number of likely N-dealkylation sites (tertiary alicyclic amines) is 1. The maximum atomic E-state index is 12.8. The molecule has 2 aliphatic heterocycles. The third kappa shape index (κ3) is 3.98. The summed E-state index contributed by atoms with van der Waals surface area (Å²) < 4.78 is 5.59. The Bertz CT molecular complexity index is 722. The molecule has 7 heteroatoms. The van der Waals surface area contributed by atoms with Crippen molar-refractivity contribution in [3.8, 4) is 0 Å². The van der Waals surface area contributed by atoms with E-state index < -0.39 is 0 Å². The number of aromatic nitrogens is 1. The van der Waals surface area contributed by atoms with Crippen LogP contribution in [0.1, 0.15) is 19.3 Å². The van der Waals surface area contributed by atoms with Crippen LogP contribution in [0.4, 0.5) is 16.3 Å². The number of fused-ring (bicyclic) bond motifs is 2. The van der Waals surface area contributed by atoms with Crippen molar-refractivity contribution in [1.82, 2.24) is 9.88 Å². The van der Waals surface area contributed by atoms with Crippen molar-refractivity contribution >= 4 is 41.8 Å². The first kappa shape index (κ1) is 19.0. The Balaban J connectivity index is 0.00000196. The molecule has 3 heterocycles. The minimum Gasteiger partial charge on any atom is -0.448 e. The number of pyridine rings is 1. The zero-order valence-corrected chi connectivity index (χ0v) is 16.1. The van der Waals surface area contributed by atoms with Gasteiger partial charge in [-0.15, -0.1) is 12.4 Å². The maximum absolute atomic E-state index is 12.8. The number of hydrogen-bond acceptors (Lipinski definition) is 5. The van der Waals surface area contributed by atoms with E-state index in [-0.39, 0.29) is 18.5 Å². The summed E-state index contributed by atoms with van der Waals surface area (Å²) in [5.74, 6) is 0.647. The van der Waals surface area contributed by atoms with Crippen molar-refractivity contribution in [1.29, 1.82) is 0 Å². The second kappa shape index (κ2) is 8.75. The number of nitrogens with zero attached hydrogens (tertiary/aromatic N) is 3. The van der Waals surface area contributed by atoms with E-state index in [2.05, 4.69) is 9.88 Å². The number of benzene rings is 1. The highest BCUT2D eigenvalue weighted by Crippen LogP contribution is 2.46. The van der Waals surface area contributed by atoms with Gasteiger partial charge in [-0.05, 0) is 50.2 Å². The van der Waals surface area contributed by atoms with Crippen LogP contribution in [0.25, 0.3) is 0 Å². The van der Waals surface area contributed by atoms with E-state index >= 15 is 0 Å². The van der Waals surface area contributed by atoms with E-state index in [1.165, 1.54) is 19.3 Å². The Morgan fingerprint density at radius 3 is 2.69 bits per heavy atom. The second-order valence-corrected chi connectivity index (χ2v) is 7.33. The molecule has 0 N–H and O–H groups in total. The lowest BCUT2D eigenvalue weighted by atomic mass is 10.1. The van der Waals surface area contributed by atoms with Gasteiger partial charge in [-0.3, -0.25) is 4.90 Å². The van der Waals surface area contributed by atoms with Crippen LogP contribution in [-0.2, 0) is 4.74 Å². The van der Waals surface area contributed by atoms with E-state index in [0.29, 0.717) is 12.4 Å². The van der Waals surface area contributed by atoms with Gasteiger partial charge in [0.15, 0.2) is 5.82 Å². The minimum absolute atomic E-state index is 0. The number of para-hydroxylation sites is 1. The Morgan fingerprint density at radius 2 is 1.85 bits per heavy atom. The fraction of sp³-hybridized carbons (Fsp3) is 0.368. The molecular formula is C19H22ClN3O2S. The zero-order chi connectivity index (χ0) is 17.1. The summed E-state index contributed by atoms with van der Waals surface area (Å²) in [6.45, 7) is 3.41. The van der Waals surface area contributed by atoms with Gasteiger partial charge in [0.05, 0.1) is 10.6 Å². The minimum atomic E-state index is -0.357. The number of amides is 1. The van der Waals surface area contributed by atoms with Crippen LogP contribution in [0, 0.1) is 0 Å². The molecule has 0 saturated carbocycles. The Labute approximate surface area is 164 Å². The predicted octanol–water partition coefficient (Wildman–Crippen LogP) is 4.73. The number of hydrogen-bond donors (Lipinski definition) is 0. The van der Waals surface area contributed by atoms with Crippen molar-refractivity contribution < 1.29 is 9.53 Å². The molecule has 2 aromatic rings. The maximum Gasteiger partial charge on any atom is 0.420 e. The average molecular weight is 392 g/mol. The van der Waals surface area contributed by atoms with Gasteiger partial charge in [-0.2, -0.15) is 0 Å². The van der Waals surface area contributed by atoms with Gasteiger partial charge >= 0.3 is 6.09 Å². The summed E-state index contributed by atoms with van der Waals surface area (Å²) in [5.41, 5.74) is 0.835. The molecule has 1 aromatic heterocycles. The third-order valence-corrected chi connectivity index (χ3v) is 5.66. The molecular weight excluding hydrogens is 370 g/mol. The lowest BCUT2D eigenvalue weighted by molar-refractivity contribution is 0.128. The molecule has 4 rings (SSSR count). The van der Waals surface area contributed by atoms with E-state index in [1.807, 2.05) is 36.4 Å². The summed E-state index contributed by atoms with van der Waals surface area (Å²) >= 11 is 1.63. The summed E-state index contributed by atoms with van der Waals surface area (Å²) in [6, 6.07) is 11.7. The highest BCUT2D eigenvalue weighted by atomic mass is 35.5. The molecule has 1 saturated heterocycles. The Kier molecular flexibility index (Phi) is 6.40. The molecule has 1 amide bonds. The van der Waals surface area contributed by atoms with Crippen LogP contribution in [0.5, 0.6) is 0 Å². The van der Waals surface area contributed by atoms with Crippen LogP contribution in [0.3, 0.4) is 0 Å². The molecule has 0 unspecified atom stereocenters. The molecule has 2 aliphatic rings. The number of anilines is 2. The monoisotopic (exact) mass is 391 g/mol. The first-order valence-electron chi connectivity index (χ1n) is 8.74. The smallest absolute Gasteiger partial charge is 0.420 e. The van der Waals surface area contributed by atoms with Crippen LogP contribution in [0.2, 0.25) is 0 Å². The first-order chi connectivity index (χ1) is 12.3. The molecule has 138 valence electrons. The van der Waals surface area contributed by atoms with Gasteiger partial charge in [-0.25, -0.2) is 14.7 Å². The van der Waals surface area contributed by atoms with Crippen molar-refractivity contribution in [2.75, 3.05) is 31.1 Å². The first-order valence-corrected chi connectivity index (χ1v) is 9.56. The molecule has 5 nitrogen and oxygen atoms in total. The summed E-state index contributed by atoms with van der Waals surface area (Å²) in [6.07, 6.45) is 5.14. The highest BCUT2D eigenvalue weighted by Gasteiger charge is 2.30. The van der Waals surface area contributed by atoms with Crippen LogP contribution >= 0.6 is 24.2 Å². The van der Waals surface area contributed by atoms with Crippen molar-refractivity contribution in [3.63, 3.8) is 0 Å². The average Bonchev–Trinajstić information content (AvgIpc) is 2.66. The topological polar surface area (TPSA) is 45.7 Å². The number of carbonyl (C=O) groups is 1. The van der Waals surface area contributed by atoms with Crippen LogP contribution in [-0.4, -0.2) is 42.2 Å². The van der Waals surface area contributed by atoms with Gasteiger partial charge in [-0.1, -0.05) is 30.3 Å². The summed E-state index contributed by atoms with van der Waals surface area (Å²) in [7, 11) is 0. The normalized spacial score (nSPS) is 16.2. The fourth-order valence-electron chi connectivity index (χ4n) is 3.28. The molecule has 0 spiro atoms. The van der Waals surface area contributed by atoms with E-state index in [9.17, 15) is 4.79 Å². The Morgan fingerprint density at radius 1 is 1.08 bits per heavy atom. The number of carbonyl (C=O) groups excluding carboxylic acids is 1. The standard InChI is InChI=1S/C19H21N3O2S.ClH/c23-19(24-14-13-21-11-4-1-5-12-21)22-15-7-2-3-8-16(15)25-17-9-6-10-20-18(17)22;/h2-3,6-10H,1,4-5,11-14H2;1H. The van der Waals surface area contributed by atoms with E-state index in [0.717, 1.165) is 35.1 Å². The Hall–Kier alpha value is -1.76. The van der Waals surface area contributed by atoms with Gasteiger partial charge < -0.3 is 4.74 Å². The highest BCUT2D eigenvalue weighted by molar-refractivity contribution is 7.99. The number of ether oxygens (including phenoxy) is 1. The lowest BCUT2D eigenvalue weighted by Crippen LogP contribution is -2.35. The fourth-order valence-corrected chi connectivity index (χ4v) is 4.31. The van der Waals surface area contributed by atoms with Gasteiger partial charge in [0.2, 0.25) is 0 Å². The number of piperidine rings is 1. The quantitative estimate of drug-likeness (QED) is 0.756. The molecule has 26 heavy (non-hydrogen) atoms.